The smallest absolute Gasteiger partial charge is 0.225 e. The molecule has 0 radical (unpaired) electrons. The maximum absolute atomic E-state index is 14.0. The molecule has 176 valence electrons. The summed E-state index contributed by atoms with van der Waals surface area (Å²) in [4.78, 5) is 19.5. The summed E-state index contributed by atoms with van der Waals surface area (Å²) in [5.74, 6) is 1.72. The van der Waals surface area contributed by atoms with Gasteiger partial charge in [-0.25, -0.2) is 4.39 Å². The highest BCUT2D eigenvalue weighted by Gasteiger charge is 2.31. The molecule has 1 aromatic rings. The zero-order chi connectivity index (χ0) is 22.3. The molecule has 1 aromatic carbocycles. The van der Waals surface area contributed by atoms with Gasteiger partial charge in [-0.05, 0) is 50.3 Å². The number of ether oxygens (including phenoxy) is 2. The van der Waals surface area contributed by atoms with E-state index < -0.39 is 0 Å². The van der Waals surface area contributed by atoms with Crippen LogP contribution in [0.25, 0.3) is 0 Å². The molecule has 8 heteroatoms. The summed E-state index contributed by atoms with van der Waals surface area (Å²) in [7, 11) is 0. The van der Waals surface area contributed by atoms with Gasteiger partial charge in [-0.3, -0.25) is 9.79 Å². The van der Waals surface area contributed by atoms with Gasteiger partial charge >= 0.3 is 0 Å². The number of likely N-dealkylation sites (tertiary alicyclic amines) is 1. The lowest BCUT2D eigenvalue weighted by Crippen LogP contribution is -2.45. The number of aliphatic imine (C=N–C) groups is 1. The molecule has 32 heavy (non-hydrogen) atoms. The predicted octanol–water partition coefficient (Wildman–Crippen LogP) is 2.97. The van der Waals surface area contributed by atoms with Crippen LogP contribution in [0.3, 0.4) is 0 Å². The molecule has 7 nitrogen and oxygen atoms in total. The number of hydrogen-bond donors (Lipinski definition) is 2. The quantitative estimate of drug-likeness (QED) is 0.519. The first-order chi connectivity index (χ1) is 15.6. The molecule has 1 saturated heterocycles. The average molecular weight is 447 g/mol. The zero-order valence-electron chi connectivity index (χ0n) is 19.0. The zero-order valence-corrected chi connectivity index (χ0v) is 19.0. The van der Waals surface area contributed by atoms with Crippen molar-refractivity contribution in [2.24, 2.45) is 10.9 Å². The van der Waals surface area contributed by atoms with Crippen LogP contribution in [0.15, 0.2) is 17.1 Å². The highest BCUT2D eigenvalue weighted by molar-refractivity contribution is 5.81. The number of fused-ring (bicyclic) bond motifs is 1. The molecular formula is C24H35FN4O3. The van der Waals surface area contributed by atoms with Gasteiger partial charge in [0.1, 0.15) is 11.6 Å². The average Bonchev–Trinajstić information content (AvgIpc) is 3.27. The van der Waals surface area contributed by atoms with Gasteiger partial charge in [0.2, 0.25) is 5.91 Å². The van der Waals surface area contributed by atoms with Crippen LogP contribution < -0.4 is 15.4 Å². The Hall–Kier alpha value is -2.35. The number of halogens is 1. The number of nitrogens with zero attached hydrogens (tertiary/aromatic N) is 2. The van der Waals surface area contributed by atoms with E-state index in [1.807, 2.05) is 11.8 Å². The lowest BCUT2D eigenvalue weighted by Gasteiger charge is -2.26. The Bertz CT molecular complexity index is 826. The minimum Gasteiger partial charge on any atom is -0.467 e. The van der Waals surface area contributed by atoms with Gasteiger partial charge in [-0.1, -0.05) is 19.3 Å². The minimum atomic E-state index is -0.282. The van der Waals surface area contributed by atoms with E-state index in [4.69, 9.17) is 14.5 Å². The fourth-order valence-corrected chi connectivity index (χ4v) is 4.93. The Morgan fingerprint density at radius 1 is 1.25 bits per heavy atom. The SMILES string of the molecule is CCNC(=NCCc1cc(F)cc2c1OCOC2)NC1CCN(C(=O)C2CCCCC2)C1. The molecular weight excluding hydrogens is 411 g/mol. The van der Waals surface area contributed by atoms with Crippen LogP contribution in [0, 0.1) is 11.7 Å². The van der Waals surface area contributed by atoms with Crippen LogP contribution in [0.1, 0.15) is 56.6 Å². The van der Waals surface area contributed by atoms with Crippen LogP contribution in [0.2, 0.25) is 0 Å². The second kappa shape index (κ2) is 11.0. The van der Waals surface area contributed by atoms with Crippen molar-refractivity contribution in [2.45, 2.75) is 64.5 Å². The van der Waals surface area contributed by atoms with Crippen LogP contribution in [-0.2, 0) is 22.6 Å². The van der Waals surface area contributed by atoms with Gasteiger partial charge in [-0.15, -0.1) is 0 Å². The monoisotopic (exact) mass is 446 g/mol. The van der Waals surface area contributed by atoms with Crippen molar-refractivity contribution in [1.29, 1.82) is 0 Å². The normalized spacial score (nSPS) is 21.8. The number of carbonyl (C=O) groups is 1. The molecule has 1 aliphatic carbocycles. The van der Waals surface area contributed by atoms with Crippen LogP contribution in [0.5, 0.6) is 5.75 Å². The molecule has 2 heterocycles. The predicted molar refractivity (Wildman–Crippen MR) is 121 cm³/mol. The van der Waals surface area contributed by atoms with E-state index in [1.54, 1.807) is 0 Å². The first-order valence-corrected chi connectivity index (χ1v) is 12.0. The van der Waals surface area contributed by atoms with E-state index in [1.165, 1.54) is 31.4 Å². The first-order valence-electron chi connectivity index (χ1n) is 12.0. The van der Waals surface area contributed by atoms with E-state index in [0.29, 0.717) is 25.5 Å². The molecule has 0 bridgehead atoms. The number of amides is 1. The largest absolute Gasteiger partial charge is 0.467 e. The third kappa shape index (κ3) is 5.71. The summed E-state index contributed by atoms with van der Waals surface area (Å²) in [6.07, 6.45) is 7.19. The number of carbonyl (C=O) groups excluding carboxylic acids is 1. The standard InChI is InChI=1S/C24H35FN4O3/c1-2-26-24(27-10-8-18-12-20(25)13-19-15-31-16-32-22(18)19)28-21-9-11-29(14-21)23(30)17-6-4-3-5-7-17/h12-13,17,21H,2-11,14-16H2,1H3,(H2,26,27,28). The van der Waals surface area contributed by atoms with Gasteiger partial charge in [-0.2, -0.15) is 0 Å². The van der Waals surface area contributed by atoms with Crippen molar-refractivity contribution < 1.29 is 18.7 Å². The summed E-state index contributed by atoms with van der Waals surface area (Å²) in [6.45, 7) is 5.38. The van der Waals surface area contributed by atoms with Crippen LogP contribution in [0.4, 0.5) is 4.39 Å². The van der Waals surface area contributed by atoms with E-state index in [0.717, 1.165) is 61.7 Å². The molecule has 1 amide bonds. The number of nitrogens with one attached hydrogen (secondary N) is 2. The van der Waals surface area contributed by atoms with Crippen LogP contribution >= 0.6 is 0 Å². The third-order valence-corrected chi connectivity index (χ3v) is 6.54. The second-order valence-corrected chi connectivity index (χ2v) is 8.92. The van der Waals surface area contributed by atoms with Gasteiger partial charge in [0.25, 0.3) is 0 Å². The molecule has 0 aromatic heterocycles. The summed E-state index contributed by atoms with van der Waals surface area (Å²) in [5.41, 5.74) is 1.56. The Balaban J connectivity index is 1.32. The fourth-order valence-electron chi connectivity index (χ4n) is 4.93. The maximum atomic E-state index is 14.0. The molecule has 0 spiro atoms. The fraction of sp³-hybridized carbons (Fsp3) is 0.667. The maximum Gasteiger partial charge on any atom is 0.225 e. The number of rotatable bonds is 6. The molecule has 1 unspecified atom stereocenters. The van der Waals surface area contributed by atoms with Crippen molar-refractivity contribution in [1.82, 2.24) is 15.5 Å². The summed E-state index contributed by atoms with van der Waals surface area (Å²) < 4.78 is 24.8. The Morgan fingerprint density at radius 2 is 2.09 bits per heavy atom. The molecule has 2 aliphatic heterocycles. The highest BCUT2D eigenvalue weighted by Crippen LogP contribution is 2.30. The Labute approximate surface area is 189 Å². The summed E-state index contributed by atoms with van der Waals surface area (Å²) in [5, 5.41) is 6.77. The molecule has 1 atom stereocenters. The molecule has 3 aliphatic rings. The van der Waals surface area contributed by atoms with E-state index in [-0.39, 0.29) is 24.6 Å². The van der Waals surface area contributed by atoms with Crippen molar-refractivity contribution in [3.05, 3.63) is 29.1 Å². The summed E-state index contributed by atoms with van der Waals surface area (Å²) in [6, 6.07) is 3.18. The minimum absolute atomic E-state index is 0.191. The van der Waals surface area contributed by atoms with Gasteiger partial charge in [0.15, 0.2) is 12.8 Å². The third-order valence-electron chi connectivity index (χ3n) is 6.54. The van der Waals surface area contributed by atoms with Crippen molar-refractivity contribution in [3.8, 4) is 5.75 Å². The van der Waals surface area contributed by atoms with Gasteiger partial charge < -0.3 is 25.0 Å². The van der Waals surface area contributed by atoms with Crippen molar-refractivity contribution in [3.63, 3.8) is 0 Å². The van der Waals surface area contributed by atoms with E-state index in [2.05, 4.69) is 10.6 Å². The lowest BCUT2D eigenvalue weighted by molar-refractivity contribution is -0.135. The van der Waals surface area contributed by atoms with E-state index >= 15 is 0 Å². The molecule has 1 saturated carbocycles. The van der Waals surface area contributed by atoms with Gasteiger partial charge in [0, 0.05) is 43.7 Å². The van der Waals surface area contributed by atoms with E-state index in [9.17, 15) is 9.18 Å². The lowest BCUT2D eigenvalue weighted by atomic mass is 9.88. The Morgan fingerprint density at radius 3 is 2.91 bits per heavy atom. The Kier molecular flexibility index (Phi) is 7.84. The first kappa shape index (κ1) is 22.8. The van der Waals surface area contributed by atoms with Crippen LogP contribution in [-0.4, -0.2) is 55.8 Å². The topological polar surface area (TPSA) is 75.2 Å². The molecule has 2 N–H and O–H groups in total. The molecule has 2 fully saturated rings. The number of benzene rings is 1. The highest BCUT2D eigenvalue weighted by atomic mass is 19.1. The van der Waals surface area contributed by atoms with Crippen molar-refractivity contribution >= 4 is 11.9 Å². The van der Waals surface area contributed by atoms with Gasteiger partial charge in [0.05, 0.1) is 6.61 Å². The second-order valence-electron chi connectivity index (χ2n) is 8.92. The number of hydrogen-bond acceptors (Lipinski definition) is 4. The summed E-state index contributed by atoms with van der Waals surface area (Å²) >= 11 is 0. The van der Waals surface area contributed by atoms with Crippen molar-refractivity contribution in [2.75, 3.05) is 33.0 Å². The molecule has 4 rings (SSSR count). The number of guanidine groups is 1.